The van der Waals surface area contributed by atoms with Gasteiger partial charge in [-0.2, -0.15) is 9.61 Å². The maximum atomic E-state index is 9.58. The van der Waals surface area contributed by atoms with E-state index in [1.807, 2.05) is 30.5 Å². The van der Waals surface area contributed by atoms with Crippen molar-refractivity contribution in [1.82, 2.24) is 19.5 Å². The molecule has 144 valence electrons. The lowest BCUT2D eigenvalue weighted by Crippen LogP contribution is -2.53. The van der Waals surface area contributed by atoms with Crippen LogP contribution in [-0.2, 0) is 6.54 Å². The van der Waals surface area contributed by atoms with Crippen LogP contribution in [0, 0.1) is 20.8 Å². The van der Waals surface area contributed by atoms with Gasteiger partial charge in [0, 0.05) is 49.6 Å². The van der Waals surface area contributed by atoms with Gasteiger partial charge in [-0.3, -0.25) is 4.90 Å². The summed E-state index contributed by atoms with van der Waals surface area (Å²) >= 11 is 0. The lowest BCUT2D eigenvalue weighted by Gasteiger charge is -2.42. The Morgan fingerprint density at radius 2 is 2.11 bits per heavy atom. The van der Waals surface area contributed by atoms with Crippen molar-refractivity contribution in [3.63, 3.8) is 0 Å². The minimum atomic E-state index is 0.179. The number of rotatable bonds is 5. The fraction of sp³-hybridized carbons (Fsp3) is 0.500. The Labute approximate surface area is 159 Å². The monoisotopic (exact) mass is 369 g/mol. The maximum absolute atomic E-state index is 9.58. The highest BCUT2D eigenvalue weighted by atomic mass is 16.3. The Kier molecular flexibility index (Phi) is 4.88. The molecule has 0 saturated carbocycles. The Balaban J connectivity index is 1.62. The van der Waals surface area contributed by atoms with E-state index in [-0.39, 0.29) is 12.6 Å². The van der Waals surface area contributed by atoms with Crippen molar-refractivity contribution in [2.75, 3.05) is 31.1 Å². The first-order valence-electron chi connectivity index (χ1n) is 9.52. The Morgan fingerprint density at radius 3 is 2.85 bits per heavy atom. The van der Waals surface area contributed by atoms with Gasteiger partial charge in [0.2, 0.25) is 0 Å². The standard InChI is InChI=1S/C20H27N5O2/c1-14-11-19(25-20(21-14)15(2)16(3)22-25)24-8-7-23(17(12-24)6-9-26)13-18-5-4-10-27-18/h4-5,10-11,17,26H,6-9,12-13H2,1-3H3/t17-/m1/s1. The molecule has 0 aromatic carbocycles. The highest BCUT2D eigenvalue weighted by Gasteiger charge is 2.29. The molecule has 0 bridgehead atoms. The van der Waals surface area contributed by atoms with E-state index in [0.717, 1.165) is 66.8 Å². The third-order valence-corrected chi connectivity index (χ3v) is 5.50. The number of fused-ring (bicyclic) bond motifs is 1. The predicted octanol–water partition coefficient (Wildman–Crippen LogP) is 2.32. The second-order valence-corrected chi connectivity index (χ2v) is 7.36. The summed E-state index contributed by atoms with van der Waals surface area (Å²) in [6.45, 7) is 9.74. The molecular weight excluding hydrogens is 342 g/mol. The Morgan fingerprint density at radius 1 is 1.26 bits per heavy atom. The molecule has 0 spiro atoms. The summed E-state index contributed by atoms with van der Waals surface area (Å²) in [6, 6.07) is 6.30. The number of nitrogens with zero attached hydrogens (tertiary/aromatic N) is 5. The summed E-state index contributed by atoms with van der Waals surface area (Å²) in [6.07, 6.45) is 2.45. The van der Waals surface area contributed by atoms with E-state index in [1.54, 1.807) is 6.26 Å². The molecule has 27 heavy (non-hydrogen) atoms. The Bertz CT molecular complexity index is 918. The maximum Gasteiger partial charge on any atom is 0.160 e. The van der Waals surface area contributed by atoms with Crippen LogP contribution in [0.15, 0.2) is 28.9 Å². The van der Waals surface area contributed by atoms with Crippen LogP contribution in [0.1, 0.15) is 29.1 Å². The molecule has 1 fully saturated rings. The fourth-order valence-corrected chi connectivity index (χ4v) is 3.89. The van der Waals surface area contributed by atoms with Gasteiger partial charge in [-0.05, 0) is 39.3 Å². The van der Waals surface area contributed by atoms with E-state index in [2.05, 4.69) is 27.8 Å². The zero-order valence-corrected chi connectivity index (χ0v) is 16.2. The van der Waals surface area contributed by atoms with Crippen LogP contribution in [0.3, 0.4) is 0 Å². The molecule has 1 saturated heterocycles. The number of anilines is 1. The summed E-state index contributed by atoms with van der Waals surface area (Å²) in [5.41, 5.74) is 4.07. The van der Waals surface area contributed by atoms with Crippen molar-refractivity contribution in [2.24, 2.45) is 0 Å². The van der Waals surface area contributed by atoms with Crippen molar-refractivity contribution in [2.45, 2.75) is 39.8 Å². The summed E-state index contributed by atoms with van der Waals surface area (Å²) in [5, 5.41) is 14.3. The van der Waals surface area contributed by atoms with Crippen molar-refractivity contribution >= 4 is 11.5 Å². The first-order chi connectivity index (χ1) is 13.1. The summed E-state index contributed by atoms with van der Waals surface area (Å²) < 4.78 is 7.49. The molecule has 4 rings (SSSR count). The molecule has 0 radical (unpaired) electrons. The topological polar surface area (TPSA) is 70.0 Å². The van der Waals surface area contributed by atoms with Gasteiger partial charge >= 0.3 is 0 Å². The minimum Gasteiger partial charge on any atom is -0.468 e. The van der Waals surface area contributed by atoms with E-state index in [9.17, 15) is 5.11 Å². The van der Waals surface area contributed by atoms with Gasteiger partial charge < -0.3 is 14.4 Å². The van der Waals surface area contributed by atoms with Crippen molar-refractivity contribution < 1.29 is 9.52 Å². The highest BCUT2D eigenvalue weighted by Crippen LogP contribution is 2.25. The van der Waals surface area contributed by atoms with Gasteiger partial charge in [-0.1, -0.05) is 0 Å². The van der Waals surface area contributed by atoms with Gasteiger partial charge in [-0.25, -0.2) is 4.98 Å². The zero-order chi connectivity index (χ0) is 19.0. The number of piperazine rings is 1. The number of aliphatic hydroxyl groups excluding tert-OH is 1. The van der Waals surface area contributed by atoms with Gasteiger partial charge in [0.15, 0.2) is 5.65 Å². The van der Waals surface area contributed by atoms with E-state index < -0.39 is 0 Å². The number of aromatic nitrogens is 3. The number of aliphatic hydroxyl groups is 1. The lowest BCUT2D eigenvalue weighted by molar-refractivity contribution is 0.127. The summed E-state index contributed by atoms with van der Waals surface area (Å²) in [7, 11) is 0. The van der Waals surface area contributed by atoms with Crippen molar-refractivity contribution in [3.05, 3.63) is 47.2 Å². The van der Waals surface area contributed by atoms with Crippen LogP contribution >= 0.6 is 0 Å². The van der Waals surface area contributed by atoms with Crippen LogP contribution in [-0.4, -0.2) is 56.9 Å². The van der Waals surface area contributed by atoms with E-state index in [1.165, 1.54) is 0 Å². The van der Waals surface area contributed by atoms with Crippen LogP contribution in [0.4, 0.5) is 5.82 Å². The van der Waals surface area contributed by atoms with E-state index in [4.69, 9.17) is 9.52 Å². The van der Waals surface area contributed by atoms with Crippen LogP contribution in [0.2, 0.25) is 0 Å². The van der Waals surface area contributed by atoms with Crippen LogP contribution < -0.4 is 4.90 Å². The van der Waals surface area contributed by atoms with E-state index >= 15 is 0 Å². The Hall–Kier alpha value is -2.38. The molecule has 7 nitrogen and oxygen atoms in total. The molecule has 4 heterocycles. The lowest BCUT2D eigenvalue weighted by atomic mass is 10.1. The molecule has 1 atom stereocenters. The number of aryl methyl sites for hydroxylation is 3. The van der Waals surface area contributed by atoms with E-state index in [0.29, 0.717) is 0 Å². The number of hydrogen-bond donors (Lipinski definition) is 1. The number of furan rings is 1. The largest absolute Gasteiger partial charge is 0.468 e. The third kappa shape index (κ3) is 3.44. The third-order valence-electron chi connectivity index (χ3n) is 5.50. The average Bonchev–Trinajstić information content (AvgIpc) is 3.26. The first kappa shape index (κ1) is 18.0. The zero-order valence-electron chi connectivity index (χ0n) is 16.2. The summed E-state index contributed by atoms with van der Waals surface area (Å²) in [5.74, 6) is 2.04. The molecule has 0 unspecified atom stereocenters. The average molecular weight is 369 g/mol. The van der Waals surface area contributed by atoms with Crippen LogP contribution in [0.25, 0.3) is 5.65 Å². The quantitative estimate of drug-likeness (QED) is 0.744. The summed E-state index contributed by atoms with van der Waals surface area (Å²) in [4.78, 5) is 9.45. The van der Waals surface area contributed by atoms with Crippen LogP contribution in [0.5, 0.6) is 0 Å². The normalized spacial score (nSPS) is 18.5. The SMILES string of the molecule is Cc1cc(N2CCN(Cc3ccco3)[C@H](CCO)C2)n2nc(C)c(C)c2n1. The van der Waals surface area contributed by atoms with Gasteiger partial charge in [-0.15, -0.1) is 0 Å². The molecule has 1 aliphatic rings. The fourth-order valence-electron chi connectivity index (χ4n) is 3.89. The first-order valence-corrected chi connectivity index (χ1v) is 9.52. The molecule has 7 heteroatoms. The second-order valence-electron chi connectivity index (χ2n) is 7.36. The van der Waals surface area contributed by atoms with Crippen molar-refractivity contribution in [3.8, 4) is 0 Å². The highest BCUT2D eigenvalue weighted by molar-refractivity contribution is 5.57. The van der Waals surface area contributed by atoms with Crippen molar-refractivity contribution in [1.29, 1.82) is 0 Å². The molecule has 3 aromatic heterocycles. The molecule has 0 amide bonds. The van der Waals surface area contributed by atoms with Gasteiger partial charge in [0.25, 0.3) is 0 Å². The number of hydrogen-bond acceptors (Lipinski definition) is 6. The second kappa shape index (κ2) is 7.32. The van der Waals surface area contributed by atoms with Gasteiger partial charge in [0.05, 0.1) is 18.5 Å². The molecule has 3 aromatic rings. The molecular formula is C20H27N5O2. The smallest absolute Gasteiger partial charge is 0.160 e. The minimum absolute atomic E-state index is 0.179. The predicted molar refractivity (Wildman–Crippen MR) is 104 cm³/mol. The molecule has 1 aliphatic heterocycles. The molecule has 1 N–H and O–H groups in total. The molecule has 0 aliphatic carbocycles. The van der Waals surface area contributed by atoms with Gasteiger partial charge in [0.1, 0.15) is 11.6 Å².